The largest absolute Gasteiger partial charge is 0.481 e. The van der Waals surface area contributed by atoms with Gasteiger partial charge in [0.25, 0.3) is 0 Å². The quantitative estimate of drug-likeness (QED) is 0.728. The van der Waals surface area contributed by atoms with E-state index in [1.54, 1.807) is 4.68 Å². The van der Waals surface area contributed by atoms with Crippen LogP contribution in [0.1, 0.15) is 29.8 Å². The Balaban J connectivity index is 2.54. The molecule has 0 spiro atoms. The maximum atomic E-state index is 11.1. The first-order chi connectivity index (χ1) is 6.52. The van der Waals surface area contributed by atoms with Crippen molar-refractivity contribution in [2.45, 2.75) is 26.2 Å². The van der Waals surface area contributed by atoms with Crippen LogP contribution in [0.3, 0.4) is 0 Å². The number of carboxylic acids is 1. The Morgan fingerprint density at radius 3 is 2.86 bits per heavy atom. The van der Waals surface area contributed by atoms with E-state index < -0.39 is 5.97 Å². The molecular weight excluding hydrogens is 180 g/mol. The van der Waals surface area contributed by atoms with Crippen molar-refractivity contribution < 1.29 is 9.90 Å². The van der Waals surface area contributed by atoms with Gasteiger partial charge in [0.2, 0.25) is 0 Å². The normalized spacial score (nSPS) is 25.1. The fourth-order valence-corrected chi connectivity index (χ4v) is 2.32. The summed E-state index contributed by atoms with van der Waals surface area (Å²) in [5, 5.41) is 13.5. The molecule has 1 aromatic heterocycles. The number of nitrogens with zero attached hydrogens (tertiary/aromatic N) is 2. The van der Waals surface area contributed by atoms with Crippen LogP contribution < -0.4 is 0 Å². The van der Waals surface area contributed by atoms with Gasteiger partial charge in [-0.15, -0.1) is 0 Å². The summed E-state index contributed by atoms with van der Waals surface area (Å²) in [7, 11) is 1.86. The molecule has 1 aliphatic carbocycles. The van der Waals surface area contributed by atoms with Crippen LogP contribution in [0.5, 0.6) is 0 Å². The highest BCUT2D eigenvalue weighted by Gasteiger charge is 2.38. The fraction of sp³-hybridized carbons (Fsp3) is 0.600. The number of rotatable bonds is 1. The molecule has 1 aliphatic rings. The number of hydrogen-bond donors (Lipinski definition) is 1. The van der Waals surface area contributed by atoms with Crippen molar-refractivity contribution in [1.82, 2.24) is 9.78 Å². The van der Waals surface area contributed by atoms with E-state index in [0.717, 1.165) is 23.4 Å². The first kappa shape index (κ1) is 9.24. The molecule has 0 saturated carbocycles. The predicted octanol–water partition coefficient (Wildman–Crippen LogP) is 1.09. The van der Waals surface area contributed by atoms with Gasteiger partial charge < -0.3 is 5.11 Å². The molecule has 1 aromatic rings. The molecular formula is C10H14N2O2. The van der Waals surface area contributed by atoms with E-state index in [2.05, 4.69) is 5.10 Å². The van der Waals surface area contributed by atoms with Crippen molar-refractivity contribution in [3.05, 3.63) is 17.0 Å². The topological polar surface area (TPSA) is 55.1 Å². The first-order valence-corrected chi connectivity index (χ1v) is 4.77. The predicted molar refractivity (Wildman–Crippen MR) is 51.2 cm³/mol. The lowest BCUT2D eigenvalue weighted by Crippen LogP contribution is -2.16. The lowest BCUT2D eigenvalue weighted by Gasteiger charge is -2.11. The highest BCUT2D eigenvalue weighted by Crippen LogP contribution is 2.39. The minimum absolute atomic E-state index is 0.171. The van der Waals surface area contributed by atoms with Gasteiger partial charge in [-0.1, -0.05) is 6.92 Å². The number of carbonyl (C=O) groups is 1. The third-order valence-electron chi connectivity index (χ3n) is 3.12. The molecule has 14 heavy (non-hydrogen) atoms. The maximum Gasteiger partial charge on any atom is 0.311 e. The zero-order valence-electron chi connectivity index (χ0n) is 8.61. The van der Waals surface area contributed by atoms with Gasteiger partial charge in [-0.3, -0.25) is 9.48 Å². The zero-order valence-corrected chi connectivity index (χ0v) is 8.61. The standard InChI is InChI=1S/C10H14N2O2/c1-5-4-7-9(8(5)10(13)14)6(2)12(3)11-7/h5,8H,4H2,1-3H3,(H,13,14). The lowest BCUT2D eigenvalue weighted by atomic mass is 9.94. The van der Waals surface area contributed by atoms with Gasteiger partial charge in [0, 0.05) is 18.3 Å². The fourth-order valence-electron chi connectivity index (χ4n) is 2.32. The monoisotopic (exact) mass is 194 g/mol. The number of aliphatic carboxylic acids is 1. The molecule has 0 amide bonds. The molecule has 2 atom stereocenters. The molecule has 4 heteroatoms. The summed E-state index contributed by atoms with van der Waals surface area (Å²) in [6.07, 6.45) is 0.786. The SMILES string of the molecule is Cc1c2c(nn1C)CC(C)C2C(=O)O. The third-order valence-corrected chi connectivity index (χ3v) is 3.12. The van der Waals surface area contributed by atoms with Gasteiger partial charge in [-0.25, -0.2) is 0 Å². The van der Waals surface area contributed by atoms with Crippen LogP contribution in [0.4, 0.5) is 0 Å². The van der Waals surface area contributed by atoms with Crippen molar-refractivity contribution in [3.63, 3.8) is 0 Å². The van der Waals surface area contributed by atoms with E-state index >= 15 is 0 Å². The van der Waals surface area contributed by atoms with E-state index in [1.807, 2.05) is 20.9 Å². The van der Waals surface area contributed by atoms with Crippen LogP contribution >= 0.6 is 0 Å². The third kappa shape index (κ3) is 1.06. The molecule has 0 aliphatic heterocycles. The average molecular weight is 194 g/mol. The number of aryl methyl sites for hydroxylation is 1. The summed E-state index contributed by atoms with van der Waals surface area (Å²) in [5.74, 6) is -0.920. The highest BCUT2D eigenvalue weighted by atomic mass is 16.4. The van der Waals surface area contributed by atoms with Crippen LogP contribution in [-0.4, -0.2) is 20.9 Å². The van der Waals surface area contributed by atoms with E-state index in [4.69, 9.17) is 5.11 Å². The summed E-state index contributed by atoms with van der Waals surface area (Å²) in [5.41, 5.74) is 2.88. The molecule has 0 bridgehead atoms. The Kier molecular flexibility index (Phi) is 1.87. The summed E-state index contributed by atoms with van der Waals surface area (Å²) in [6.45, 7) is 3.90. The molecule has 1 N–H and O–H groups in total. The summed E-state index contributed by atoms with van der Waals surface area (Å²) < 4.78 is 1.77. The van der Waals surface area contributed by atoms with E-state index in [9.17, 15) is 4.79 Å². The van der Waals surface area contributed by atoms with Crippen molar-refractivity contribution in [3.8, 4) is 0 Å². The van der Waals surface area contributed by atoms with Gasteiger partial charge in [0.1, 0.15) is 0 Å². The van der Waals surface area contributed by atoms with E-state index in [-0.39, 0.29) is 11.8 Å². The zero-order chi connectivity index (χ0) is 10.5. The van der Waals surface area contributed by atoms with Crippen LogP contribution in [0.2, 0.25) is 0 Å². The maximum absolute atomic E-state index is 11.1. The first-order valence-electron chi connectivity index (χ1n) is 4.77. The Bertz CT molecular complexity index is 395. The lowest BCUT2D eigenvalue weighted by molar-refractivity contribution is -0.139. The summed E-state index contributed by atoms with van der Waals surface area (Å²) >= 11 is 0. The van der Waals surface area contributed by atoms with E-state index in [1.165, 1.54) is 0 Å². The summed E-state index contributed by atoms with van der Waals surface area (Å²) in [6, 6.07) is 0. The van der Waals surface area contributed by atoms with Crippen molar-refractivity contribution in [2.24, 2.45) is 13.0 Å². The Morgan fingerprint density at radius 2 is 2.29 bits per heavy atom. The number of carboxylic acid groups (broad SMARTS) is 1. The number of fused-ring (bicyclic) bond motifs is 1. The minimum Gasteiger partial charge on any atom is -0.481 e. The van der Waals surface area contributed by atoms with Crippen LogP contribution in [0.25, 0.3) is 0 Å². The molecule has 0 aromatic carbocycles. The number of aromatic nitrogens is 2. The smallest absolute Gasteiger partial charge is 0.311 e. The Labute approximate surface area is 82.5 Å². The molecule has 76 valence electrons. The molecule has 0 fully saturated rings. The van der Waals surface area contributed by atoms with Crippen LogP contribution in [-0.2, 0) is 18.3 Å². The molecule has 2 rings (SSSR count). The summed E-state index contributed by atoms with van der Waals surface area (Å²) in [4.78, 5) is 11.1. The second kappa shape index (κ2) is 2.83. The van der Waals surface area contributed by atoms with E-state index in [0.29, 0.717) is 0 Å². The molecule has 2 unspecified atom stereocenters. The highest BCUT2D eigenvalue weighted by molar-refractivity contribution is 5.78. The molecule has 0 radical (unpaired) electrons. The van der Waals surface area contributed by atoms with Crippen molar-refractivity contribution in [1.29, 1.82) is 0 Å². The van der Waals surface area contributed by atoms with Crippen LogP contribution in [0.15, 0.2) is 0 Å². The van der Waals surface area contributed by atoms with Gasteiger partial charge in [-0.2, -0.15) is 5.10 Å². The second-order valence-electron chi connectivity index (χ2n) is 4.07. The van der Waals surface area contributed by atoms with Gasteiger partial charge in [0.15, 0.2) is 0 Å². The van der Waals surface area contributed by atoms with Crippen molar-refractivity contribution >= 4 is 5.97 Å². The van der Waals surface area contributed by atoms with Gasteiger partial charge in [0.05, 0.1) is 11.6 Å². The Morgan fingerprint density at radius 1 is 1.64 bits per heavy atom. The average Bonchev–Trinajstić information content (AvgIpc) is 2.51. The molecule has 4 nitrogen and oxygen atoms in total. The Hall–Kier alpha value is -1.32. The van der Waals surface area contributed by atoms with Crippen LogP contribution in [0, 0.1) is 12.8 Å². The minimum atomic E-state index is -0.729. The molecule has 1 heterocycles. The van der Waals surface area contributed by atoms with Gasteiger partial charge in [-0.05, 0) is 19.3 Å². The van der Waals surface area contributed by atoms with Gasteiger partial charge >= 0.3 is 5.97 Å². The number of hydrogen-bond acceptors (Lipinski definition) is 2. The van der Waals surface area contributed by atoms with Crippen molar-refractivity contribution in [2.75, 3.05) is 0 Å². The molecule has 0 saturated heterocycles. The second-order valence-corrected chi connectivity index (χ2v) is 4.07.